The molecule has 6 nitrogen and oxygen atoms in total. The molecular formula is C17H19N3O3. The van der Waals surface area contributed by atoms with Gasteiger partial charge in [-0.2, -0.15) is 5.10 Å². The average molecular weight is 313 g/mol. The Morgan fingerprint density at radius 3 is 2.87 bits per heavy atom. The van der Waals surface area contributed by atoms with Crippen molar-refractivity contribution in [3.63, 3.8) is 0 Å². The van der Waals surface area contributed by atoms with Crippen LogP contribution in [-0.2, 0) is 14.3 Å². The molecule has 0 spiro atoms. The molecule has 120 valence electrons. The van der Waals surface area contributed by atoms with E-state index in [1.54, 1.807) is 10.9 Å². The van der Waals surface area contributed by atoms with Crippen LogP contribution in [0.1, 0.15) is 24.9 Å². The Morgan fingerprint density at radius 2 is 2.17 bits per heavy atom. The van der Waals surface area contributed by atoms with Crippen molar-refractivity contribution in [1.29, 1.82) is 0 Å². The Labute approximate surface area is 134 Å². The van der Waals surface area contributed by atoms with Gasteiger partial charge in [0.25, 0.3) is 0 Å². The van der Waals surface area contributed by atoms with Crippen molar-refractivity contribution >= 4 is 11.9 Å². The molecule has 1 aliphatic rings. The summed E-state index contributed by atoms with van der Waals surface area (Å²) in [5.41, 5.74) is 1.93. The first-order valence-corrected chi connectivity index (χ1v) is 7.58. The average Bonchev–Trinajstić information content (AvgIpc) is 3.19. The van der Waals surface area contributed by atoms with Crippen LogP contribution in [-0.4, -0.2) is 28.8 Å². The fourth-order valence-electron chi connectivity index (χ4n) is 2.66. The second-order valence-corrected chi connectivity index (χ2v) is 5.75. The number of nitrogens with zero attached hydrogens (tertiary/aromatic N) is 2. The maximum Gasteiger partial charge on any atom is 0.309 e. The molecule has 1 fully saturated rings. The molecular weight excluding hydrogens is 294 g/mol. The molecule has 2 aromatic rings. The van der Waals surface area contributed by atoms with Gasteiger partial charge in [0.05, 0.1) is 30.7 Å². The molecule has 6 heteroatoms. The van der Waals surface area contributed by atoms with Gasteiger partial charge in [-0.1, -0.05) is 12.1 Å². The second kappa shape index (κ2) is 6.24. The van der Waals surface area contributed by atoms with Crippen LogP contribution in [0, 0.1) is 11.8 Å². The highest BCUT2D eigenvalue weighted by Crippen LogP contribution is 2.39. The molecule has 1 heterocycles. The summed E-state index contributed by atoms with van der Waals surface area (Å²) < 4.78 is 6.44. The van der Waals surface area contributed by atoms with Crippen molar-refractivity contribution in [3.8, 4) is 5.69 Å². The summed E-state index contributed by atoms with van der Waals surface area (Å²) in [5.74, 6) is -0.960. The lowest BCUT2D eigenvalue weighted by Gasteiger charge is -2.15. The summed E-state index contributed by atoms with van der Waals surface area (Å²) in [5, 5.41) is 7.17. The Balaban J connectivity index is 1.65. The van der Waals surface area contributed by atoms with Gasteiger partial charge < -0.3 is 10.1 Å². The molecule has 23 heavy (non-hydrogen) atoms. The third-order valence-corrected chi connectivity index (χ3v) is 4.13. The highest BCUT2D eigenvalue weighted by molar-refractivity contribution is 5.90. The van der Waals surface area contributed by atoms with Gasteiger partial charge in [0.15, 0.2) is 0 Å². The van der Waals surface area contributed by atoms with E-state index in [4.69, 9.17) is 0 Å². The standard InChI is InChI=1S/C17H19N3O3/c1-11(19-16(21)14-10-15(14)17(22)23-2)12-5-3-6-13(9-12)20-8-4-7-18-20/h3-9,11,14-15H,10H2,1-2H3,(H,19,21)/t11-,14+,15-/m0/s1. The Morgan fingerprint density at radius 1 is 1.35 bits per heavy atom. The first-order valence-electron chi connectivity index (χ1n) is 7.58. The lowest BCUT2D eigenvalue weighted by Crippen LogP contribution is -2.29. The molecule has 0 saturated heterocycles. The topological polar surface area (TPSA) is 73.2 Å². The normalized spacial score (nSPS) is 20.6. The van der Waals surface area contributed by atoms with Gasteiger partial charge >= 0.3 is 5.97 Å². The highest BCUT2D eigenvalue weighted by atomic mass is 16.5. The fourth-order valence-corrected chi connectivity index (χ4v) is 2.66. The second-order valence-electron chi connectivity index (χ2n) is 5.75. The van der Waals surface area contributed by atoms with Gasteiger partial charge in [-0.25, -0.2) is 4.68 Å². The summed E-state index contributed by atoms with van der Waals surface area (Å²) in [6.45, 7) is 1.93. The number of amides is 1. The summed E-state index contributed by atoms with van der Waals surface area (Å²) in [6.07, 6.45) is 4.16. The van der Waals surface area contributed by atoms with Gasteiger partial charge in [0.2, 0.25) is 5.91 Å². The summed E-state index contributed by atoms with van der Waals surface area (Å²) >= 11 is 0. The van der Waals surface area contributed by atoms with Crippen molar-refractivity contribution in [2.24, 2.45) is 11.8 Å². The van der Waals surface area contributed by atoms with E-state index in [2.05, 4.69) is 15.2 Å². The zero-order valence-corrected chi connectivity index (χ0v) is 13.1. The first kappa shape index (κ1) is 15.3. The zero-order valence-electron chi connectivity index (χ0n) is 13.1. The monoisotopic (exact) mass is 313 g/mol. The number of rotatable bonds is 5. The maximum atomic E-state index is 12.2. The largest absolute Gasteiger partial charge is 0.469 e. The number of benzene rings is 1. The van der Waals surface area contributed by atoms with Gasteiger partial charge in [0.1, 0.15) is 0 Å². The Hall–Kier alpha value is -2.63. The lowest BCUT2D eigenvalue weighted by molar-refractivity contribution is -0.143. The number of esters is 1. The van der Waals surface area contributed by atoms with E-state index in [0.717, 1.165) is 11.3 Å². The van der Waals surface area contributed by atoms with Crippen molar-refractivity contribution < 1.29 is 14.3 Å². The predicted octanol–water partition coefficient (Wildman–Crippen LogP) is 1.86. The van der Waals surface area contributed by atoms with Crippen LogP contribution < -0.4 is 5.32 Å². The Kier molecular flexibility index (Phi) is 4.14. The fraction of sp³-hybridized carbons (Fsp3) is 0.353. The Bertz CT molecular complexity index is 712. The smallest absolute Gasteiger partial charge is 0.309 e. The van der Waals surface area contributed by atoms with E-state index in [-0.39, 0.29) is 29.8 Å². The van der Waals surface area contributed by atoms with Crippen LogP contribution in [0.4, 0.5) is 0 Å². The summed E-state index contributed by atoms with van der Waals surface area (Å²) in [7, 11) is 1.35. The van der Waals surface area contributed by atoms with E-state index < -0.39 is 0 Å². The predicted molar refractivity (Wildman–Crippen MR) is 83.7 cm³/mol. The molecule has 3 rings (SSSR count). The molecule has 1 amide bonds. The quantitative estimate of drug-likeness (QED) is 0.855. The van der Waals surface area contributed by atoms with Gasteiger partial charge in [-0.3, -0.25) is 9.59 Å². The summed E-state index contributed by atoms with van der Waals surface area (Å²) in [6, 6.07) is 9.56. The third-order valence-electron chi connectivity index (χ3n) is 4.13. The lowest BCUT2D eigenvalue weighted by atomic mass is 10.1. The highest BCUT2D eigenvalue weighted by Gasteiger charge is 2.49. The molecule has 3 atom stereocenters. The SMILES string of the molecule is COC(=O)[C@H]1C[C@H]1C(=O)N[C@@H](C)c1cccc(-n2cccn2)c1. The van der Waals surface area contributed by atoms with Gasteiger partial charge in [0, 0.05) is 12.4 Å². The minimum Gasteiger partial charge on any atom is -0.469 e. The molecule has 0 bridgehead atoms. The third kappa shape index (κ3) is 3.26. The van der Waals surface area contributed by atoms with Crippen molar-refractivity contribution in [1.82, 2.24) is 15.1 Å². The van der Waals surface area contributed by atoms with Crippen LogP contribution in [0.5, 0.6) is 0 Å². The number of carbonyl (C=O) groups excluding carboxylic acids is 2. The van der Waals surface area contributed by atoms with E-state index in [0.29, 0.717) is 6.42 Å². The molecule has 0 aliphatic heterocycles. The summed E-state index contributed by atoms with van der Waals surface area (Å²) in [4.78, 5) is 23.6. The van der Waals surface area contributed by atoms with E-state index in [9.17, 15) is 9.59 Å². The molecule has 1 N–H and O–H groups in total. The van der Waals surface area contributed by atoms with Crippen molar-refractivity contribution in [3.05, 3.63) is 48.3 Å². The van der Waals surface area contributed by atoms with E-state index in [1.807, 2.05) is 43.5 Å². The first-order chi connectivity index (χ1) is 11.1. The van der Waals surface area contributed by atoms with Crippen LogP contribution in [0.15, 0.2) is 42.7 Å². The minimum atomic E-state index is -0.307. The number of nitrogens with one attached hydrogen (secondary N) is 1. The van der Waals surface area contributed by atoms with Gasteiger partial charge in [-0.05, 0) is 37.1 Å². The minimum absolute atomic E-state index is 0.0996. The molecule has 1 aliphatic carbocycles. The maximum absolute atomic E-state index is 12.2. The molecule has 1 aromatic heterocycles. The number of methoxy groups -OCH3 is 1. The number of ether oxygens (including phenoxy) is 1. The van der Waals surface area contributed by atoms with Crippen molar-refractivity contribution in [2.45, 2.75) is 19.4 Å². The number of hydrogen-bond acceptors (Lipinski definition) is 4. The molecule has 0 unspecified atom stereocenters. The van der Waals surface area contributed by atoms with E-state index >= 15 is 0 Å². The van der Waals surface area contributed by atoms with Gasteiger partial charge in [-0.15, -0.1) is 0 Å². The molecule has 1 saturated carbocycles. The number of hydrogen-bond donors (Lipinski definition) is 1. The molecule has 0 radical (unpaired) electrons. The number of aromatic nitrogens is 2. The van der Waals surface area contributed by atoms with Crippen molar-refractivity contribution in [2.75, 3.05) is 7.11 Å². The van der Waals surface area contributed by atoms with Crippen LogP contribution in [0.2, 0.25) is 0 Å². The van der Waals surface area contributed by atoms with Crippen LogP contribution in [0.25, 0.3) is 5.69 Å². The van der Waals surface area contributed by atoms with Crippen LogP contribution >= 0.6 is 0 Å². The van der Waals surface area contributed by atoms with Crippen LogP contribution in [0.3, 0.4) is 0 Å². The zero-order chi connectivity index (χ0) is 16.4. The van der Waals surface area contributed by atoms with E-state index in [1.165, 1.54) is 7.11 Å². The number of carbonyl (C=O) groups is 2. The molecule has 1 aromatic carbocycles.